The Morgan fingerprint density at radius 3 is 2.71 bits per heavy atom. The standard InChI is InChI=1S/C19H21N3O2/c23-17-13-15(8-9-20-17)19(24)22-12-11-21-10-4-7-16(21)18(22)14-5-2-1-3-6-14/h1-7,10,15,18H,8-9,11-13H2,(H,20,23). The quantitative estimate of drug-likeness (QED) is 0.918. The van der Waals surface area contributed by atoms with Crippen molar-refractivity contribution in [1.29, 1.82) is 0 Å². The molecule has 2 amide bonds. The molecule has 1 aromatic heterocycles. The Morgan fingerprint density at radius 1 is 1.08 bits per heavy atom. The average molecular weight is 323 g/mol. The summed E-state index contributed by atoms with van der Waals surface area (Å²) in [5.74, 6) is -0.117. The molecule has 0 bridgehead atoms. The molecular formula is C19H21N3O2. The van der Waals surface area contributed by atoms with Gasteiger partial charge in [0.2, 0.25) is 11.8 Å². The number of fused-ring (bicyclic) bond motifs is 1. The van der Waals surface area contributed by atoms with Crippen LogP contribution in [0.4, 0.5) is 0 Å². The smallest absolute Gasteiger partial charge is 0.227 e. The topological polar surface area (TPSA) is 54.3 Å². The zero-order valence-corrected chi connectivity index (χ0v) is 13.5. The van der Waals surface area contributed by atoms with Gasteiger partial charge in [-0.25, -0.2) is 0 Å². The van der Waals surface area contributed by atoms with Crippen molar-refractivity contribution < 1.29 is 9.59 Å². The molecule has 0 aliphatic carbocycles. The summed E-state index contributed by atoms with van der Waals surface area (Å²) in [5, 5.41) is 2.81. The maximum absolute atomic E-state index is 13.2. The normalized spacial score (nSPS) is 23.5. The number of hydrogen-bond acceptors (Lipinski definition) is 2. The van der Waals surface area contributed by atoms with Gasteiger partial charge in [-0.15, -0.1) is 0 Å². The van der Waals surface area contributed by atoms with Crippen LogP contribution in [0.15, 0.2) is 48.7 Å². The van der Waals surface area contributed by atoms with Gasteiger partial charge in [0.25, 0.3) is 0 Å². The number of carbonyl (C=O) groups is 2. The van der Waals surface area contributed by atoms with E-state index in [1.54, 1.807) is 0 Å². The average Bonchev–Trinajstić information content (AvgIpc) is 3.09. The lowest BCUT2D eigenvalue weighted by Crippen LogP contribution is -2.48. The number of piperidine rings is 1. The van der Waals surface area contributed by atoms with Crippen molar-refractivity contribution in [3.63, 3.8) is 0 Å². The Labute approximate surface area is 141 Å². The zero-order chi connectivity index (χ0) is 16.5. The van der Waals surface area contributed by atoms with Crippen molar-refractivity contribution in [2.75, 3.05) is 13.1 Å². The van der Waals surface area contributed by atoms with Crippen molar-refractivity contribution >= 4 is 11.8 Å². The summed E-state index contributed by atoms with van der Waals surface area (Å²) in [6.45, 7) is 2.07. The number of nitrogens with one attached hydrogen (secondary N) is 1. The minimum absolute atomic E-state index is 0.0174. The van der Waals surface area contributed by atoms with Crippen LogP contribution in [0.3, 0.4) is 0 Å². The highest BCUT2D eigenvalue weighted by Crippen LogP contribution is 2.34. The summed E-state index contributed by atoms with van der Waals surface area (Å²) < 4.78 is 2.22. The van der Waals surface area contributed by atoms with Crippen molar-refractivity contribution in [2.45, 2.75) is 25.4 Å². The summed E-state index contributed by atoms with van der Waals surface area (Å²) in [7, 11) is 0. The Bertz CT molecular complexity index is 753. The van der Waals surface area contributed by atoms with Crippen LogP contribution in [-0.4, -0.2) is 34.4 Å². The molecule has 1 saturated heterocycles. The Balaban J connectivity index is 1.68. The summed E-state index contributed by atoms with van der Waals surface area (Å²) in [5.41, 5.74) is 2.26. The fourth-order valence-electron chi connectivity index (χ4n) is 3.84. The van der Waals surface area contributed by atoms with Crippen LogP contribution >= 0.6 is 0 Å². The molecule has 0 spiro atoms. The number of hydrogen-bond donors (Lipinski definition) is 1. The summed E-state index contributed by atoms with van der Waals surface area (Å²) in [6, 6.07) is 14.2. The minimum Gasteiger partial charge on any atom is -0.356 e. The van der Waals surface area contributed by atoms with Gasteiger partial charge in [0, 0.05) is 43.9 Å². The van der Waals surface area contributed by atoms with Gasteiger partial charge in [0.05, 0.1) is 6.04 Å². The van der Waals surface area contributed by atoms with Crippen LogP contribution < -0.4 is 5.32 Å². The number of carbonyl (C=O) groups excluding carboxylic acids is 2. The molecule has 4 rings (SSSR count). The van der Waals surface area contributed by atoms with E-state index in [0.717, 1.165) is 24.2 Å². The van der Waals surface area contributed by atoms with Crippen LogP contribution in [0.5, 0.6) is 0 Å². The Kier molecular flexibility index (Phi) is 3.84. The van der Waals surface area contributed by atoms with E-state index in [1.165, 1.54) is 0 Å². The summed E-state index contributed by atoms with van der Waals surface area (Å²) >= 11 is 0. The first-order valence-electron chi connectivity index (χ1n) is 8.51. The molecule has 2 aliphatic heterocycles. The minimum atomic E-state index is -0.202. The maximum Gasteiger partial charge on any atom is 0.227 e. The van der Waals surface area contributed by atoms with E-state index < -0.39 is 0 Å². The van der Waals surface area contributed by atoms with Gasteiger partial charge in [-0.05, 0) is 24.1 Å². The third-order valence-electron chi connectivity index (χ3n) is 5.03. The van der Waals surface area contributed by atoms with E-state index in [1.807, 2.05) is 29.2 Å². The SMILES string of the molecule is O=C1CC(C(=O)N2CCn3cccc3C2c2ccccc2)CCN1. The second kappa shape index (κ2) is 6.15. The fourth-order valence-corrected chi connectivity index (χ4v) is 3.84. The Morgan fingerprint density at radius 2 is 1.92 bits per heavy atom. The molecule has 124 valence electrons. The lowest BCUT2D eigenvalue weighted by Gasteiger charge is -2.39. The van der Waals surface area contributed by atoms with Crippen LogP contribution in [0, 0.1) is 5.92 Å². The summed E-state index contributed by atoms with van der Waals surface area (Å²) in [4.78, 5) is 26.8. The number of amides is 2. The third kappa shape index (κ3) is 2.60. The van der Waals surface area contributed by atoms with Gasteiger partial charge in [-0.2, -0.15) is 0 Å². The highest BCUT2D eigenvalue weighted by molar-refractivity contribution is 5.87. The van der Waals surface area contributed by atoms with Crippen molar-refractivity contribution in [1.82, 2.24) is 14.8 Å². The molecule has 1 N–H and O–H groups in total. The van der Waals surface area contributed by atoms with Gasteiger partial charge in [0.1, 0.15) is 0 Å². The molecule has 1 fully saturated rings. The number of aromatic nitrogens is 1. The lowest BCUT2D eigenvalue weighted by atomic mass is 9.92. The van der Waals surface area contributed by atoms with E-state index in [2.05, 4.69) is 34.3 Å². The molecule has 2 unspecified atom stereocenters. The second-order valence-corrected chi connectivity index (χ2v) is 6.51. The molecule has 2 atom stereocenters. The monoisotopic (exact) mass is 323 g/mol. The van der Waals surface area contributed by atoms with Crippen LogP contribution in [0.25, 0.3) is 0 Å². The fraction of sp³-hybridized carbons (Fsp3) is 0.368. The predicted octanol–water partition coefficient (Wildman–Crippen LogP) is 1.95. The first kappa shape index (κ1) is 15.0. The molecule has 1 aromatic carbocycles. The summed E-state index contributed by atoms with van der Waals surface area (Å²) in [6.07, 6.45) is 3.10. The van der Waals surface area contributed by atoms with Crippen LogP contribution in [0.2, 0.25) is 0 Å². The van der Waals surface area contributed by atoms with E-state index in [0.29, 0.717) is 19.5 Å². The highest BCUT2D eigenvalue weighted by Gasteiger charge is 2.36. The molecule has 2 aliphatic rings. The molecule has 5 heteroatoms. The maximum atomic E-state index is 13.2. The van der Waals surface area contributed by atoms with E-state index in [4.69, 9.17) is 0 Å². The molecule has 2 aromatic rings. The number of nitrogens with zero attached hydrogens (tertiary/aromatic N) is 2. The number of rotatable bonds is 2. The van der Waals surface area contributed by atoms with Gasteiger partial charge in [-0.1, -0.05) is 30.3 Å². The van der Waals surface area contributed by atoms with Crippen LogP contribution in [0.1, 0.15) is 30.1 Å². The molecule has 0 radical (unpaired) electrons. The molecular weight excluding hydrogens is 302 g/mol. The van der Waals surface area contributed by atoms with Crippen molar-refractivity contribution in [3.05, 3.63) is 59.9 Å². The first-order chi connectivity index (χ1) is 11.7. The van der Waals surface area contributed by atoms with Crippen LogP contribution in [-0.2, 0) is 16.1 Å². The van der Waals surface area contributed by atoms with Crippen molar-refractivity contribution in [3.8, 4) is 0 Å². The number of benzene rings is 1. The molecule has 3 heterocycles. The van der Waals surface area contributed by atoms with Gasteiger partial charge >= 0.3 is 0 Å². The van der Waals surface area contributed by atoms with E-state index in [9.17, 15) is 9.59 Å². The van der Waals surface area contributed by atoms with Gasteiger partial charge in [0.15, 0.2) is 0 Å². The third-order valence-corrected chi connectivity index (χ3v) is 5.03. The largest absolute Gasteiger partial charge is 0.356 e. The highest BCUT2D eigenvalue weighted by atomic mass is 16.2. The molecule has 24 heavy (non-hydrogen) atoms. The predicted molar refractivity (Wildman–Crippen MR) is 90.2 cm³/mol. The van der Waals surface area contributed by atoms with Crippen molar-refractivity contribution in [2.24, 2.45) is 5.92 Å². The Hall–Kier alpha value is -2.56. The van der Waals surface area contributed by atoms with Gasteiger partial charge < -0.3 is 14.8 Å². The van der Waals surface area contributed by atoms with E-state index >= 15 is 0 Å². The lowest BCUT2D eigenvalue weighted by molar-refractivity contribution is -0.142. The van der Waals surface area contributed by atoms with Gasteiger partial charge in [-0.3, -0.25) is 9.59 Å². The van der Waals surface area contributed by atoms with E-state index in [-0.39, 0.29) is 23.8 Å². The second-order valence-electron chi connectivity index (χ2n) is 6.51. The molecule has 5 nitrogen and oxygen atoms in total. The zero-order valence-electron chi connectivity index (χ0n) is 13.5. The molecule has 0 saturated carbocycles. The first-order valence-corrected chi connectivity index (χ1v) is 8.51.